The third-order valence-electron chi connectivity index (χ3n) is 4.00. The molecule has 0 fully saturated rings. The number of nitrogens with zero attached hydrogens (tertiary/aromatic N) is 2. The molecule has 0 radical (unpaired) electrons. The molecule has 1 aromatic heterocycles. The van der Waals surface area contributed by atoms with Crippen LogP contribution in [-0.2, 0) is 7.05 Å². The van der Waals surface area contributed by atoms with Crippen LogP contribution in [0.1, 0.15) is 22.9 Å². The largest absolute Gasteiger partial charge is 0.383 e. The number of aryl methyl sites for hydroxylation is 2. The number of aliphatic hydroxyl groups is 1. The summed E-state index contributed by atoms with van der Waals surface area (Å²) < 4.78 is 28.8. The van der Waals surface area contributed by atoms with E-state index in [1.807, 2.05) is 0 Å². The van der Waals surface area contributed by atoms with Gasteiger partial charge in [-0.15, -0.1) is 0 Å². The van der Waals surface area contributed by atoms with Gasteiger partial charge in [0.1, 0.15) is 17.7 Å². The van der Waals surface area contributed by atoms with Crippen molar-refractivity contribution in [3.05, 3.63) is 74.9 Å². The van der Waals surface area contributed by atoms with Crippen molar-refractivity contribution in [2.45, 2.75) is 13.0 Å². The highest BCUT2D eigenvalue weighted by Crippen LogP contribution is 2.41. The number of halogens is 4. The second-order valence-electron chi connectivity index (χ2n) is 5.64. The molecule has 0 aliphatic heterocycles. The molecule has 130 valence electrons. The van der Waals surface area contributed by atoms with E-state index in [1.165, 1.54) is 10.7 Å². The molecule has 0 saturated heterocycles. The first-order valence-electron chi connectivity index (χ1n) is 7.42. The van der Waals surface area contributed by atoms with Gasteiger partial charge in [-0.25, -0.2) is 8.78 Å². The van der Waals surface area contributed by atoms with E-state index < -0.39 is 17.7 Å². The topological polar surface area (TPSA) is 38.0 Å². The molecule has 25 heavy (non-hydrogen) atoms. The number of rotatable bonds is 3. The zero-order valence-electron chi connectivity index (χ0n) is 13.4. The molecule has 0 spiro atoms. The molecule has 3 rings (SSSR count). The number of aromatic nitrogens is 2. The molecule has 0 bridgehead atoms. The van der Waals surface area contributed by atoms with Gasteiger partial charge in [-0.3, -0.25) is 4.68 Å². The van der Waals surface area contributed by atoms with Crippen LogP contribution >= 0.6 is 23.2 Å². The van der Waals surface area contributed by atoms with Crippen molar-refractivity contribution in [1.29, 1.82) is 0 Å². The Morgan fingerprint density at radius 1 is 1.12 bits per heavy atom. The van der Waals surface area contributed by atoms with Crippen molar-refractivity contribution in [3.63, 3.8) is 0 Å². The Bertz CT molecular complexity index is 936. The van der Waals surface area contributed by atoms with E-state index in [0.717, 1.165) is 12.1 Å². The molecule has 0 aliphatic rings. The maximum Gasteiger partial charge on any atom is 0.132 e. The zero-order valence-corrected chi connectivity index (χ0v) is 14.9. The Kier molecular flexibility index (Phi) is 4.82. The van der Waals surface area contributed by atoms with Crippen LogP contribution in [0.25, 0.3) is 11.3 Å². The summed E-state index contributed by atoms with van der Waals surface area (Å²) in [7, 11) is 1.68. The van der Waals surface area contributed by atoms with Crippen LogP contribution in [0.5, 0.6) is 0 Å². The van der Waals surface area contributed by atoms with Crippen molar-refractivity contribution in [2.75, 3.05) is 0 Å². The lowest BCUT2D eigenvalue weighted by molar-refractivity contribution is 0.214. The summed E-state index contributed by atoms with van der Waals surface area (Å²) in [5.41, 5.74) is 1.77. The van der Waals surface area contributed by atoms with Gasteiger partial charge in [0.2, 0.25) is 0 Å². The van der Waals surface area contributed by atoms with Crippen molar-refractivity contribution in [1.82, 2.24) is 9.78 Å². The number of benzene rings is 2. The monoisotopic (exact) mass is 382 g/mol. The lowest BCUT2D eigenvalue weighted by Crippen LogP contribution is -2.06. The van der Waals surface area contributed by atoms with Crippen LogP contribution in [0.15, 0.2) is 36.4 Å². The molecule has 1 heterocycles. The fourth-order valence-corrected chi connectivity index (χ4v) is 3.48. The minimum atomic E-state index is -1.35. The van der Waals surface area contributed by atoms with E-state index in [1.54, 1.807) is 32.2 Å². The van der Waals surface area contributed by atoms with Gasteiger partial charge in [-0.05, 0) is 25.1 Å². The smallest absolute Gasteiger partial charge is 0.132 e. The molecule has 1 atom stereocenters. The minimum absolute atomic E-state index is 0.0538. The Morgan fingerprint density at radius 3 is 2.36 bits per heavy atom. The van der Waals surface area contributed by atoms with Gasteiger partial charge in [0, 0.05) is 29.8 Å². The molecule has 2 aromatic carbocycles. The quantitative estimate of drug-likeness (QED) is 0.687. The van der Waals surface area contributed by atoms with Crippen LogP contribution in [0.2, 0.25) is 10.0 Å². The van der Waals surface area contributed by atoms with E-state index in [0.29, 0.717) is 32.6 Å². The highest BCUT2D eigenvalue weighted by Gasteiger charge is 2.27. The molecule has 7 heteroatoms. The number of aliphatic hydroxyl groups excluding tert-OH is 1. The lowest BCUT2D eigenvalue weighted by Gasteiger charge is -2.16. The number of hydrogen-bond acceptors (Lipinski definition) is 2. The van der Waals surface area contributed by atoms with E-state index in [2.05, 4.69) is 5.10 Å². The van der Waals surface area contributed by atoms with Crippen molar-refractivity contribution >= 4 is 23.2 Å². The predicted octanol–water partition coefficient (Wildman–Crippen LogP) is 5.06. The number of hydrogen-bond donors (Lipinski definition) is 1. The normalized spacial score (nSPS) is 12.4. The van der Waals surface area contributed by atoms with Gasteiger partial charge in [0.05, 0.1) is 21.4 Å². The Labute approximate surface area is 153 Å². The summed E-state index contributed by atoms with van der Waals surface area (Å²) in [5.74, 6) is -1.56. The van der Waals surface area contributed by atoms with E-state index in [9.17, 15) is 13.9 Å². The van der Waals surface area contributed by atoms with Gasteiger partial charge in [0.25, 0.3) is 0 Å². The van der Waals surface area contributed by atoms with Crippen LogP contribution < -0.4 is 0 Å². The first-order chi connectivity index (χ1) is 11.8. The third kappa shape index (κ3) is 3.15. The molecule has 0 amide bonds. The van der Waals surface area contributed by atoms with E-state index >= 15 is 0 Å². The predicted molar refractivity (Wildman–Crippen MR) is 93.8 cm³/mol. The summed E-state index contributed by atoms with van der Waals surface area (Å²) in [6.07, 6.45) is -1.35. The fourth-order valence-electron chi connectivity index (χ4n) is 2.90. The Hall–Kier alpha value is -1.95. The minimum Gasteiger partial charge on any atom is -0.383 e. The highest BCUT2D eigenvalue weighted by atomic mass is 35.5. The van der Waals surface area contributed by atoms with Gasteiger partial charge < -0.3 is 5.11 Å². The van der Waals surface area contributed by atoms with Crippen LogP contribution in [-0.4, -0.2) is 14.9 Å². The Balaban J connectivity index is 2.24. The van der Waals surface area contributed by atoms with Crippen LogP contribution in [0.4, 0.5) is 8.78 Å². The van der Waals surface area contributed by atoms with E-state index in [-0.39, 0.29) is 5.56 Å². The maximum absolute atomic E-state index is 14.1. The third-order valence-corrected chi connectivity index (χ3v) is 4.63. The highest BCUT2D eigenvalue weighted by molar-refractivity contribution is 6.39. The van der Waals surface area contributed by atoms with Crippen LogP contribution in [0, 0.1) is 18.6 Å². The lowest BCUT2D eigenvalue weighted by atomic mass is 9.96. The summed E-state index contributed by atoms with van der Waals surface area (Å²) in [6.45, 7) is 1.69. The molecular weight excluding hydrogens is 369 g/mol. The first kappa shape index (κ1) is 17.9. The summed E-state index contributed by atoms with van der Waals surface area (Å²) in [4.78, 5) is 0. The van der Waals surface area contributed by atoms with Crippen molar-refractivity contribution in [2.24, 2.45) is 7.05 Å². The van der Waals surface area contributed by atoms with Gasteiger partial charge >= 0.3 is 0 Å². The molecule has 3 aromatic rings. The molecule has 1 N–H and O–H groups in total. The average Bonchev–Trinajstić information content (AvgIpc) is 2.81. The second kappa shape index (κ2) is 6.75. The van der Waals surface area contributed by atoms with Gasteiger partial charge in [-0.2, -0.15) is 5.10 Å². The Morgan fingerprint density at radius 2 is 1.76 bits per heavy atom. The zero-order chi connectivity index (χ0) is 18.3. The summed E-state index contributed by atoms with van der Waals surface area (Å²) in [5, 5.41) is 15.8. The second-order valence-corrected chi connectivity index (χ2v) is 6.45. The van der Waals surface area contributed by atoms with E-state index in [4.69, 9.17) is 23.2 Å². The molecule has 0 saturated carbocycles. The van der Waals surface area contributed by atoms with Crippen molar-refractivity contribution < 1.29 is 13.9 Å². The SMILES string of the molecule is Cc1nn(C)c(-c2c(Cl)cccc2Cl)c1C(O)c1ccc(F)cc1F. The molecular formula is C18H14Cl2F2N2O. The van der Waals surface area contributed by atoms with Crippen molar-refractivity contribution in [3.8, 4) is 11.3 Å². The fraction of sp³-hybridized carbons (Fsp3) is 0.167. The average molecular weight is 383 g/mol. The van der Waals surface area contributed by atoms with Gasteiger partial charge in [0.15, 0.2) is 0 Å². The molecule has 1 unspecified atom stereocenters. The summed E-state index contributed by atoms with van der Waals surface area (Å²) in [6, 6.07) is 8.06. The van der Waals surface area contributed by atoms with Crippen LogP contribution in [0.3, 0.4) is 0 Å². The molecule has 3 nitrogen and oxygen atoms in total. The first-order valence-corrected chi connectivity index (χ1v) is 8.17. The summed E-state index contributed by atoms with van der Waals surface area (Å²) >= 11 is 12.6. The standard InChI is InChI=1S/C18H14Cl2F2N2O/c1-9-15(18(25)11-7-6-10(21)8-14(11)22)17(24(2)23-9)16-12(19)4-3-5-13(16)20/h3-8,18,25H,1-2H3. The van der Waals surface area contributed by atoms with Gasteiger partial charge in [-0.1, -0.05) is 35.3 Å². The maximum atomic E-state index is 14.1. The molecule has 0 aliphatic carbocycles.